The van der Waals surface area contributed by atoms with Gasteiger partial charge in [-0.2, -0.15) is 0 Å². The highest BCUT2D eigenvalue weighted by Gasteiger charge is 2.28. The molecule has 1 atom stereocenters. The van der Waals surface area contributed by atoms with Gasteiger partial charge in [-0.05, 0) is 47.9 Å². The van der Waals surface area contributed by atoms with Crippen molar-refractivity contribution in [2.24, 2.45) is 5.92 Å². The zero-order valence-electron chi connectivity index (χ0n) is 19.9. The van der Waals surface area contributed by atoms with Gasteiger partial charge in [0.1, 0.15) is 0 Å². The van der Waals surface area contributed by atoms with Crippen molar-refractivity contribution in [3.8, 4) is 0 Å². The smallest absolute Gasteiger partial charge is 0.264 e. The number of ether oxygens (including phenoxy) is 1. The highest BCUT2D eigenvalue weighted by Crippen LogP contribution is 2.24. The first kappa shape index (κ1) is 25.9. The molecule has 0 saturated carbocycles. The summed E-state index contributed by atoms with van der Waals surface area (Å²) in [6.07, 6.45) is 3.44. The number of aromatic nitrogens is 2. The SMILES string of the molecule is CC(C)Cn1c(CN(C[C@@H]2CCCO2)C(=O)c2cccs2)cnc1S(=O)(=O)Cc1cccc(Cl)c1. The molecule has 0 radical (unpaired) electrons. The Morgan fingerprint density at radius 2 is 2.14 bits per heavy atom. The molecule has 7 nitrogen and oxygen atoms in total. The van der Waals surface area contributed by atoms with E-state index in [4.69, 9.17) is 16.3 Å². The van der Waals surface area contributed by atoms with Crippen LogP contribution in [-0.4, -0.2) is 48.0 Å². The zero-order chi connectivity index (χ0) is 25.0. The van der Waals surface area contributed by atoms with E-state index in [1.807, 2.05) is 31.4 Å². The summed E-state index contributed by atoms with van der Waals surface area (Å²) in [5.41, 5.74) is 1.29. The zero-order valence-corrected chi connectivity index (χ0v) is 22.3. The normalized spacial score (nSPS) is 16.2. The van der Waals surface area contributed by atoms with E-state index in [1.165, 1.54) is 11.3 Å². The minimum Gasteiger partial charge on any atom is -0.376 e. The molecule has 188 valence electrons. The number of carbonyl (C=O) groups excluding carboxylic acids is 1. The molecule has 3 heterocycles. The van der Waals surface area contributed by atoms with Gasteiger partial charge in [-0.25, -0.2) is 13.4 Å². The van der Waals surface area contributed by atoms with E-state index in [0.29, 0.717) is 40.9 Å². The largest absolute Gasteiger partial charge is 0.376 e. The molecular weight excluding hydrogens is 506 g/mol. The van der Waals surface area contributed by atoms with Crippen molar-refractivity contribution in [2.45, 2.75) is 56.8 Å². The van der Waals surface area contributed by atoms with E-state index in [9.17, 15) is 13.2 Å². The van der Waals surface area contributed by atoms with Crippen molar-refractivity contribution in [3.63, 3.8) is 0 Å². The first-order valence-electron chi connectivity index (χ1n) is 11.7. The van der Waals surface area contributed by atoms with Gasteiger partial charge in [0.2, 0.25) is 15.0 Å². The van der Waals surface area contributed by atoms with Crippen LogP contribution in [0, 0.1) is 5.92 Å². The molecule has 0 spiro atoms. The lowest BCUT2D eigenvalue weighted by Crippen LogP contribution is -2.37. The number of halogens is 1. The third-order valence-electron chi connectivity index (χ3n) is 5.79. The maximum Gasteiger partial charge on any atom is 0.264 e. The molecule has 2 aromatic heterocycles. The molecule has 35 heavy (non-hydrogen) atoms. The standard InChI is InChI=1S/C25H30ClN3O4S2/c1-18(2)14-29-21(13-27-25(29)35(31,32)17-19-6-3-7-20(26)12-19)15-28(16-22-8-4-10-33-22)24(30)23-9-5-11-34-23/h3,5-7,9,11-13,18,22H,4,8,10,14-17H2,1-2H3/t22-/m0/s1. The molecule has 10 heteroatoms. The minimum absolute atomic E-state index is 0.0156. The van der Waals surface area contributed by atoms with Crippen molar-refractivity contribution in [3.05, 3.63) is 69.1 Å². The van der Waals surface area contributed by atoms with Crippen LogP contribution in [-0.2, 0) is 33.4 Å². The molecule has 0 bridgehead atoms. The summed E-state index contributed by atoms with van der Waals surface area (Å²) in [5.74, 6) is -0.102. The lowest BCUT2D eigenvalue weighted by molar-refractivity contribution is 0.0504. The maximum absolute atomic E-state index is 13.4. The van der Waals surface area contributed by atoms with E-state index in [0.717, 1.165) is 12.8 Å². The van der Waals surface area contributed by atoms with E-state index < -0.39 is 9.84 Å². The molecule has 1 aliphatic rings. The van der Waals surface area contributed by atoms with Crippen molar-refractivity contribution in [1.29, 1.82) is 0 Å². The number of thiophene rings is 1. The van der Waals surface area contributed by atoms with Crippen LogP contribution in [0.1, 0.15) is 47.6 Å². The Bertz CT molecular complexity index is 1250. The lowest BCUT2D eigenvalue weighted by atomic mass is 10.2. The second-order valence-electron chi connectivity index (χ2n) is 9.22. The molecule has 1 aromatic carbocycles. The van der Waals surface area contributed by atoms with Gasteiger partial charge in [0.05, 0.1) is 35.2 Å². The molecule has 1 amide bonds. The predicted octanol–water partition coefficient (Wildman–Crippen LogP) is 5.05. The van der Waals surface area contributed by atoms with E-state index in [-0.39, 0.29) is 35.4 Å². The first-order valence-corrected chi connectivity index (χ1v) is 14.6. The van der Waals surface area contributed by atoms with Crippen LogP contribution < -0.4 is 0 Å². The van der Waals surface area contributed by atoms with Gasteiger partial charge in [-0.1, -0.05) is 43.6 Å². The number of rotatable bonds is 10. The summed E-state index contributed by atoms with van der Waals surface area (Å²) >= 11 is 7.45. The molecule has 0 aliphatic carbocycles. The van der Waals surface area contributed by atoms with Crippen LogP contribution in [0.2, 0.25) is 5.02 Å². The van der Waals surface area contributed by atoms with Crippen LogP contribution in [0.4, 0.5) is 0 Å². The fourth-order valence-electron chi connectivity index (χ4n) is 4.24. The van der Waals surface area contributed by atoms with Crippen LogP contribution in [0.25, 0.3) is 0 Å². The van der Waals surface area contributed by atoms with Crippen molar-refractivity contribution < 1.29 is 17.9 Å². The van der Waals surface area contributed by atoms with Crippen LogP contribution in [0.3, 0.4) is 0 Å². The quantitative estimate of drug-likeness (QED) is 0.363. The third-order valence-corrected chi connectivity index (χ3v) is 8.48. The maximum atomic E-state index is 13.4. The highest BCUT2D eigenvalue weighted by molar-refractivity contribution is 7.90. The summed E-state index contributed by atoms with van der Waals surface area (Å²) in [7, 11) is -3.74. The summed E-state index contributed by atoms with van der Waals surface area (Å²) in [5, 5.41) is 2.38. The fraction of sp³-hybridized carbons (Fsp3) is 0.440. The van der Waals surface area contributed by atoms with Gasteiger partial charge in [0.15, 0.2) is 0 Å². The highest BCUT2D eigenvalue weighted by atomic mass is 35.5. The Morgan fingerprint density at radius 1 is 1.31 bits per heavy atom. The second-order valence-corrected chi connectivity index (χ2v) is 12.5. The average Bonchev–Trinajstić information content (AvgIpc) is 3.55. The summed E-state index contributed by atoms with van der Waals surface area (Å²) in [6, 6.07) is 10.5. The number of imidazole rings is 1. The van der Waals surface area contributed by atoms with Crippen molar-refractivity contribution in [2.75, 3.05) is 13.2 Å². The van der Waals surface area contributed by atoms with Gasteiger partial charge in [0, 0.05) is 24.7 Å². The van der Waals surface area contributed by atoms with Gasteiger partial charge >= 0.3 is 0 Å². The average molecular weight is 536 g/mol. The molecule has 0 N–H and O–H groups in total. The summed E-state index contributed by atoms with van der Waals surface area (Å²) < 4.78 is 34.3. The number of amides is 1. The van der Waals surface area contributed by atoms with Gasteiger partial charge in [-0.3, -0.25) is 4.79 Å². The van der Waals surface area contributed by atoms with Crippen molar-refractivity contribution in [1.82, 2.24) is 14.5 Å². The fourth-order valence-corrected chi connectivity index (χ4v) is 6.63. The van der Waals surface area contributed by atoms with E-state index in [2.05, 4.69) is 4.98 Å². The third kappa shape index (κ3) is 6.52. The van der Waals surface area contributed by atoms with E-state index >= 15 is 0 Å². The molecule has 4 rings (SSSR count). The Balaban J connectivity index is 1.65. The summed E-state index contributed by atoms with van der Waals surface area (Å²) in [6.45, 7) is 5.93. The Hall–Kier alpha value is -2.20. The van der Waals surface area contributed by atoms with Gasteiger partial charge in [0.25, 0.3) is 5.91 Å². The number of benzene rings is 1. The van der Waals surface area contributed by atoms with Gasteiger partial charge < -0.3 is 14.2 Å². The number of carbonyl (C=O) groups is 1. The second kappa shape index (κ2) is 11.2. The monoisotopic (exact) mass is 535 g/mol. The van der Waals surface area contributed by atoms with E-state index in [1.54, 1.807) is 39.9 Å². The number of sulfone groups is 1. The Kier molecular flexibility index (Phi) is 8.31. The van der Waals surface area contributed by atoms with Crippen LogP contribution >= 0.6 is 22.9 Å². The molecule has 1 saturated heterocycles. The molecular formula is C25H30ClN3O4S2. The van der Waals surface area contributed by atoms with Crippen LogP contribution in [0.5, 0.6) is 0 Å². The Morgan fingerprint density at radius 3 is 2.80 bits per heavy atom. The van der Waals surface area contributed by atoms with Crippen molar-refractivity contribution >= 4 is 38.7 Å². The topological polar surface area (TPSA) is 81.5 Å². The predicted molar refractivity (Wildman–Crippen MR) is 137 cm³/mol. The van der Waals surface area contributed by atoms with Gasteiger partial charge in [-0.15, -0.1) is 11.3 Å². The number of hydrogen-bond donors (Lipinski definition) is 0. The molecule has 1 fully saturated rings. The summed E-state index contributed by atoms with van der Waals surface area (Å²) in [4.78, 5) is 20.1. The first-order chi connectivity index (χ1) is 16.7. The number of hydrogen-bond acceptors (Lipinski definition) is 6. The van der Waals surface area contributed by atoms with Crippen LogP contribution in [0.15, 0.2) is 53.1 Å². The lowest BCUT2D eigenvalue weighted by Gasteiger charge is -2.26. The number of nitrogens with zero attached hydrogens (tertiary/aromatic N) is 3. The molecule has 0 unspecified atom stereocenters. The Labute approximate surface area is 215 Å². The molecule has 1 aliphatic heterocycles. The minimum atomic E-state index is -3.74. The molecule has 3 aromatic rings.